The highest BCUT2D eigenvalue weighted by Crippen LogP contribution is 2.36. The lowest BCUT2D eigenvalue weighted by Gasteiger charge is -2.24. The summed E-state index contributed by atoms with van der Waals surface area (Å²) in [5, 5.41) is 2.98. The van der Waals surface area contributed by atoms with Crippen LogP contribution in [0.2, 0.25) is 0 Å². The summed E-state index contributed by atoms with van der Waals surface area (Å²) in [6, 6.07) is 7.50. The summed E-state index contributed by atoms with van der Waals surface area (Å²) in [6.07, 6.45) is 3.64. The quantitative estimate of drug-likeness (QED) is 0.927. The van der Waals surface area contributed by atoms with Gasteiger partial charge in [-0.05, 0) is 30.7 Å². The average molecular weight is 326 g/mol. The van der Waals surface area contributed by atoms with Crippen molar-refractivity contribution in [2.75, 3.05) is 7.05 Å². The Labute approximate surface area is 141 Å². The van der Waals surface area contributed by atoms with E-state index in [0.29, 0.717) is 6.54 Å². The first kappa shape index (κ1) is 16.2. The van der Waals surface area contributed by atoms with E-state index < -0.39 is 5.92 Å². The topological polar surface area (TPSA) is 67.2 Å². The second-order valence-corrected chi connectivity index (χ2v) is 6.29. The molecule has 2 aromatic heterocycles. The van der Waals surface area contributed by atoms with Crippen molar-refractivity contribution in [3.8, 4) is 0 Å². The Morgan fingerprint density at radius 3 is 2.75 bits per heavy atom. The second kappa shape index (κ2) is 6.47. The minimum absolute atomic E-state index is 0.0151. The fraction of sp³-hybridized carbons (Fsp3) is 0.389. The van der Waals surface area contributed by atoms with Gasteiger partial charge >= 0.3 is 0 Å². The van der Waals surface area contributed by atoms with Gasteiger partial charge in [0.1, 0.15) is 0 Å². The van der Waals surface area contributed by atoms with Gasteiger partial charge in [0.15, 0.2) is 0 Å². The van der Waals surface area contributed by atoms with Crippen LogP contribution in [0.4, 0.5) is 0 Å². The molecule has 3 rings (SSSR count). The monoisotopic (exact) mass is 326 g/mol. The lowest BCUT2D eigenvalue weighted by Crippen LogP contribution is -2.34. The maximum atomic E-state index is 12.7. The van der Waals surface area contributed by atoms with Gasteiger partial charge in [-0.25, -0.2) is 0 Å². The first-order valence-electron chi connectivity index (χ1n) is 8.03. The Bertz CT molecular complexity index is 754. The van der Waals surface area contributed by atoms with Crippen molar-refractivity contribution in [3.05, 3.63) is 53.6 Å². The van der Waals surface area contributed by atoms with Gasteiger partial charge in [-0.15, -0.1) is 0 Å². The predicted molar refractivity (Wildman–Crippen MR) is 89.9 cm³/mol. The molecule has 1 fully saturated rings. The number of aryl methyl sites for hydroxylation is 1. The number of hydrogen-bond acceptors (Lipinski definition) is 3. The summed E-state index contributed by atoms with van der Waals surface area (Å²) >= 11 is 0. The first-order valence-corrected chi connectivity index (χ1v) is 8.03. The van der Waals surface area contributed by atoms with Crippen molar-refractivity contribution in [3.63, 3.8) is 0 Å². The fourth-order valence-electron chi connectivity index (χ4n) is 3.26. The minimum Gasteiger partial charge on any atom is -0.350 e. The molecule has 0 radical (unpaired) electrons. The number of hydrogen-bond donors (Lipinski definition) is 1. The van der Waals surface area contributed by atoms with E-state index in [2.05, 4.69) is 10.3 Å². The maximum absolute atomic E-state index is 12.7. The third-order valence-corrected chi connectivity index (χ3v) is 4.87. The molecule has 126 valence electrons. The molecule has 6 heteroatoms. The normalized spacial score (nSPS) is 20.5. The maximum Gasteiger partial charge on any atom is 0.226 e. The van der Waals surface area contributed by atoms with Crippen molar-refractivity contribution in [2.24, 2.45) is 13.0 Å². The second-order valence-electron chi connectivity index (χ2n) is 6.29. The summed E-state index contributed by atoms with van der Waals surface area (Å²) in [4.78, 5) is 30.6. The molecule has 1 aliphatic rings. The SMILES string of the molecule is Cc1ccc(CNC(=O)[C@H]2CC(=O)N(C)[C@@H]2c2cccnc2)n1C. The molecule has 3 heterocycles. The Morgan fingerprint density at radius 2 is 2.12 bits per heavy atom. The Hall–Kier alpha value is -2.63. The third kappa shape index (κ3) is 2.91. The molecule has 0 unspecified atom stereocenters. The number of aromatic nitrogens is 2. The number of pyridine rings is 1. The van der Waals surface area contributed by atoms with E-state index in [4.69, 9.17) is 0 Å². The molecule has 6 nitrogen and oxygen atoms in total. The fourth-order valence-corrected chi connectivity index (χ4v) is 3.26. The summed E-state index contributed by atoms with van der Waals surface area (Å²) in [5.41, 5.74) is 3.07. The first-order chi connectivity index (χ1) is 11.5. The van der Waals surface area contributed by atoms with Gasteiger partial charge in [-0.1, -0.05) is 6.07 Å². The van der Waals surface area contributed by atoms with E-state index in [0.717, 1.165) is 17.0 Å². The molecule has 0 aromatic carbocycles. The highest BCUT2D eigenvalue weighted by atomic mass is 16.2. The molecule has 1 N–H and O–H groups in total. The summed E-state index contributed by atoms with van der Waals surface area (Å²) in [7, 11) is 3.72. The zero-order chi connectivity index (χ0) is 17.3. The van der Waals surface area contributed by atoms with Crippen molar-refractivity contribution < 1.29 is 9.59 Å². The number of carbonyl (C=O) groups is 2. The Morgan fingerprint density at radius 1 is 1.33 bits per heavy atom. The number of rotatable bonds is 4. The molecule has 24 heavy (non-hydrogen) atoms. The molecule has 1 saturated heterocycles. The van der Waals surface area contributed by atoms with Crippen LogP contribution >= 0.6 is 0 Å². The van der Waals surface area contributed by atoms with Crippen LogP contribution in [0.15, 0.2) is 36.7 Å². The van der Waals surface area contributed by atoms with E-state index in [1.807, 2.05) is 42.8 Å². The molecular weight excluding hydrogens is 304 g/mol. The van der Waals surface area contributed by atoms with Crippen molar-refractivity contribution in [1.82, 2.24) is 19.8 Å². The van der Waals surface area contributed by atoms with Gasteiger partial charge < -0.3 is 14.8 Å². The molecule has 1 aliphatic heterocycles. The van der Waals surface area contributed by atoms with Gasteiger partial charge in [0, 0.05) is 44.3 Å². The van der Waals surface area contributed by atoms with Crippen LogP contribution in [0, 0.1) is 12.8 Å². The van der Waals surface area contributed by atoms with Crippen LogP contribution in [0.3, 0.4) is 0 Å². The molecular formula is C18H22N4O2. The molecule has 0 aliphatic carbocycles. The van der Waals surface area contributed by atoms with Gasteiger partial charge in [0.05, 0.1) is 18.5 Å². The molecule has 0 saturated carbocycles. The summed E-state index contributed by atoms with van der Waals surface area (Å²) < 4.78 is 2.05. The standard InChI is InChI=1S/C18H22N4O2/c1-12-6-7-14(21(12)2)11-20-18(24)15-9-16(23)22(3)17(15)13-5-4-8-19-10-13/h4-8,10,15,17H,9,11H2,1-3H3,(H,20,24)/t15-,17+/m0/s1. The van der Waals surface area contributed by atoms with Gasteiger partial charge in [0.25, 0.3) is 0 Å². The van der Waals surface area contributed by atoms with Gasteiger partial charge in [0.2, 0.25) is 11.8 Å². The number of likely N-dealkylation sites (tertiary alicyclic amines) is 1. The number of nitrogens with zero attached hydrogens (tertiary/aromatic N) is 3. The molecule has 0 bridgehead atoms. The molecule has 2 atom stereocenters. The van der Waals surface area contributed by atoms with E-state index in [1.54, 1.807) is 24.3 Å². The molecule has 2 amide bonds. The zero-order valence-electron chi connectivity index (χ0n) is 14.2. The van der Waals surface area contributed by atoms with Crippen LogP contribution in [0.25, 0.3) is 0 Å². The Kier molecular flexibility index (Phi) is 4.38. The third-order valence-electron chi connectivity index (χ3n) is 4.87. The van der Waals surface area contributed by atoms with Crippen LogP contribution < -0.4 is 5.32 Å². The predicted octanol–water partition coefficient (Wildman–Crippen LogP) is 1.56. The number of nitrogens with one attached hydrogen (secondary N) is 1. The zero-order valence-corrected chi connectivity index (χ0v) is 14.2. The van der Waals surface area contributed by atoms with Crippen molar-refractivity contribution in [1.29, 1.82) is 0 Å². The lowest BCUT2D eigenvalue weighted by atomic mass is 9.94. The van der Waals surface area contributed by atoms with Crippen molar-refractivity contribution in [2.45, 2.75) is 25.9 Å². The molecule has 2 aromatic rings. The van der Waals surface area contributed by atoms with E-state index in [-0.39, 0.29) is 24.3 Å². The van der Waals surface area contributed by atoms with E-state index in [9.17, 15) is 9.59 Å². The van der Waals surface area contributed by atoms with Gasteiger partial charge in [-0.3, -0.25) is 14.6 Å². The van der Waals surface area contributed by atoms with Crippen LogP contribution in [-0.2, 0) is 23.2 Å². The smallest absolute Gasteiger partial charge is 0.226 e. The highest BCUT2D eigenvalue weighted by Gasteiger charge is 2.42. The average Bonchev–Trinajstić information content (AvgIpc) is 3.07. The minimum atomic E-state index is -0.395. The summed E-state index contributed by atoms with van der Waals surface area (Å²) in [5.74, 6) is -0.507. The van der Waals surface area contributed by atoms with E-state index >= 15 is 0 Å². The van der Waals surface area contributed by atoms with Crippen LogP contribution in [-0.4, -0.2) is 33.3 Å². The van der Waals surface area contributed by atoms with Crippen molar-refractivity contribution >= 4 is 11.8 Å². The van der Waals surface area contributed by atoms with Crippen LogP contribution in [0.5, 0.6) is 0 Å². The Balaban J connectivity index is 1.75. The highest BCUT2D eigenvalue weighted by molar-refractivity contribution is 5.90. The summed E-state index contributed by atoms with van der Waals surface area (Å²) in [6.45, 7) is 2.48. The molecule has 0 spiro atoms. The lowest BCUT2D eigenvalue weighted by molar-refractivity contribution is -0.128. The number of carbonyl (C=O) groups excluding carboxylic acids is 2. The van der Waals surface area contributed by atoms with E-state index in [1.165, 1.54) is 0 Å². The number of amides is 2. The largest absolute Gasteiger partial charge is 0.350 e. The van der Waals surface area contributed by atoms with Crippen LogP contribution in [0.1, 0.15) is 29.4 Å². The van der Waals surface area contributed by atoms with Gasteiger partial charge in [-0.2, -0.15) is 0 Å².